The van der Waals surface area contributed by atoms with Crippen molar-refractivity contribution in [3.63, 3.8) is 0 Å². The molecule has 0 saturated heterocycles. The molecule has 0 heterocycles. The smallest absolute Gasteiger partial charge is 0.323 e. The second-order valence-corrected chi connectivity index (χ2v) is 5.73. The molecule has 0 atom stereocenters. The van der Waals surface area contributed by atoms with Gasteiger partial charge in [0.15, 0.2) is 0 Å². The average molecular weight is 254 g/mol. The topological polar surface area (TPSA) is 69.6 Å². The third-order valence-corrected chi connectivity index (χ3v) is 4.11. The van der Waals surface area contributed by atoms with E-state index in [-0.39, 0.29) is 12.6 Å². The SMILES string of the molecule is CCC1(CNC(=O)N(CC(=O)O)CC2CC2)CC1. The first-order valence-electron chi connectivity index (χ1n) is 6.79. The van der Waals surface area contributed by atoms with Crippen LogP contribution in [0.5, 0.6) is 0 Å². The largest absolute Gasteiger partial charge is 0.480 e. The number of nitrogens with zero attached hydrogens (tertiary/aromatic N) is 1. The van der Waals surface area contributed by atoms with Crippen LogP contribution in [-0.4, -0.2) is 41.6 Å². The molecule has 5 nitrogen and oxygen atoms in total. The summed E-state index contributed by atoms with van der Waals surface area (Å²) in [4.78, 5) is 24.2. The molecule has 2 fully saturated rings. The number of carboxylic acids is 1. The Bertz CT molecular complexity index is 335. The second-order valence-electron chi connectivity index (χ2n) is 5.73. The van der Waals surface area contributed by atoms with E-state index in [1.165, 1.54) is 17.7 Å². The monoisotopic (exact) mass is 254 g/mol. The molecule has 0 unspecified atom stereocenters. The lowest BCUT2D eigenvalue weighted by Crippen LogP contribution is -2.45. The van der Waals surface area contributed by atoms with Gasteiger partial charge in [-0.3, -0.25) is 4.79 Å². The van der Waals surface area contributed by atoms with Crippen LogP contribution in [0.4, 0.5) is 4.79 Å². The van der Waals surface area contributed by atoms with Gasteiger partial charge in [0.2, 0.25) is 0 Å². The van der Waals surface area contributed by atoms with E-state index in [0.29, 0.717) is 24.4 Å². The lowest BCUT2D eigenvalue weighted by atomic mass is 10.0. The second kappa shape index (κ2) is 5.16. The van der Waals surface area contributed by atoms with Crippen molar-refractivity contribution in [1.82, 2.24) is 10.2 Å². The lowest BCUT2D eigenvalue weighted by molar-refractivity contribution is -0.137. The van der Waals surface area contributed by atoms with Crippen LogP contribution in [0, 0.1) is 11.3 Å². The fraction of sp³-hybridized carbons (Fsp3) is 0.846. The van der Waals surface area contributed by atoms with Crippen LogP contribution < -0.4 is 5.32 Å². The zero-order valence-electron chi connectivity index (χ0n) is 10.9. The molecule has 2 aliphatic rings. The van der Waals surface area contributed by atoms with Gasteiger partial charge in [0, 0.05) is 13.1 Å². The van der Waals surface area contributed by atoms with Gasteiger partial charge >= 0.3 is 12.0 Å². The molecule has 2 saturated carbocycles. The highest BCUT2D eigenvalue weighted by molar-refractivity contribution is 5.80. The highest BCUT2D eigenvalue weighted by atomic mass is 16.4. The van der Waals surface area contributed by atoms with E-state index in [4.69, 9.17) is 5.11 Å². The number of aliphatic carboxylic acids is 1. The molecule has 0 radical (unpaired) electrons. The molecule has 2 N–H and O–H groups in total. The Balaban J connectivity index is 1.80. The van der Waals surface area contributed by atoms with Crippen LogP contribution in [0.15, 0.2) is 0 Å². The molecule has 102 valence electrons. The number of carboxylic acid groups (broad SMARTS) is 1. The number of carbonyl (C=O) groups excluding carboxylic acids is 1. The zero-order valence-corrected chi connectivity index (χ0v) is 10.9. The molecule has 2 rings (SSSR count). The fourth-order valence-electron chi connectivity index (χ4n) is 2.20. The van der Waals surface area contributed by atoms with Gasteiger partial charge in [-0.1, -0.05) is 6.92 Å². The molecule has 0 spiro atoms. The molecule has 0 aliphatic heterocycles. The molecule has 0 aromatic heterocycles. The van der Waals surface area contributed by atoms with Crippen LogP contribution in [0.25, 0.3) is 0 Å². The Morgan fingerprint density at radius 3 is 2.50 bits per heavy atom. The van der Waals surface area contributed by atoms with Gasteiger partial charge in [-0.05, 0) is 43.4 Å². The summed E-state index contributed by atoms with van der Waals surface area (Å²) in [5, 5.41) is 11.7. The third-order valence-electron chi connectivity index (χ3n) is 4.11. The lowest BCUT2D eigenvalue weighted by Gasteiger charge is -2.23. The first-order valence-corrected chi connectivity index (χ1v) is 6.79. The van der Waals surface area contributed by atoms with Crippen molar-refractivity contribution in [2.75, 3.05) is 19.6 Å². The van der Waals surface area contributed by atoms with Crippen molar-refractivity contribution >= 4 is 12.0 Å². The van der Waals surface area contributed by atoms with Crippen LogP contribution >= 0.6 is 0 Å². The molecular weight excluding hydrogens is 232 g/mol. The van der Waals surface area contributed by atoms with Gasteiger partial charge in [0.05, 0.1) is 0 Å². The standard InChI is InChI=1S/C13H22N2O3/c1-2-13(5-6-13)9-14-12(18)15(8-11(16)17)7-10-3-4-10/h10H,2-9H2,1H3,(H,14,18)(H,16,17). The van der Waals surface area contributed by atoms with E-state index >= 15 is 0 Å². The molecule has 2 amide bonds. The van der Waals surface area contributed by atoms with E-state index in [9.17, 15) is 9.59 Å². The van der Waals surface area contributed by atoms with E-state index in [1.54, 1.807) is 0 Å². The molecule has 0 bridgehead atoms. The van der Waals surface area contributed by atoms with E-state index < -0.39 is 5.97 Å². The number of carbonyl (C=O) groups is 2. The number of nitrogens with one attached hydrogen (secondary N) is 1. The summed E-state index contributed by atoms with van der Waals surface area (Å²) in [5.41, 5.74) is 0.296. The van der Waals surface area contributed by atoms with Crippen molar-refractivity contribution in [3.05, 3.63) is 0 Å². The van der Waals surface area contributed by atoms with Crippen LogP contribution in [0.1, 0.15) is 39.0 Å². The highest BCUT2D eigenvalue weighted by Crippen LogP contribution is 2.47. The van der Waals surface area contributed by atoms with Gasteiger partial charge in [-0.15, -0.1) is 0 Å². The average Bonchev–Trinajstić information content (AvgIpc) is 3.20. The van der Waals surface area contributed by atoms with Crippen molar-refractivity contribution in [3.8, 4) is 0 Å². The number of rotatable bonds is 7. The molecule has 0 aromatic rings. The van der Waals surface area contributed by atoms with Gasteiger partial charge in [0.25, 0.3) is 0 Å². The summed E-state index contributed by atoms with van der Waals surface area (Å²) in [6.45, 7) is 3.21. The van der Waals surface area contributed by atoms with Gasteiger partial charge in [-0.25, -0.2) is 4.79 Å². The summed E-state index contributed by atoms with van der Waals surface area (Å²) in [7, 11) is 0. The van der Waals surface area contributed by atoms with Crippen molar-refractivity contribution in [1.29, 1.82) is 0 Å². The predicted molar refractivity (Wildman–Crippen MR) is 67.3 cm³/mol. The van der Waals surface area contributed by atoms with Crippen molar-refractivity contribution in [2.24, 2.45) is 11.3 Å². The predicted octanol–water partition coefficient (Wildman–Crippen LogP) is 1.68. The first-order chi connectivity index (χ1) is 8.54. The van der Waals surface area contributed by atoms with E-state index in [2.05, 4.69) is 12.2 Å². The van der Waals surface area contributed by atoms with Gasteiger partial charge < -0.3 is 15.3 Å². The molecule has 2 aliphatic carbocycles. The highest BCUT2D eigenvalue weighted by Gasteiger charge is 2.41. The van der Waals surface area contributed by atoms with Crippen LogP contribution in [0.3, 0.4) is 0 Å². The van der Waals surface area contributed by atoms with Gasteiger partial charge in [0.1, 0.15) is 6.54 Å². The number of hydrogen-bond acceptors (Lipinski definition) is 2. The Labute approximate surface area is 108 Å². The number of amides is 2. The fourth-order valence-corrected chi connectivity index (χ4v) is 2.20. The quantitative estimate of drug-likeness (QED) is 0.726. The summed E-state index contributed by atoms with van der Waals surface area (Å²) >= 11 is 0. The first kappa shape index (κ1) is 13.2. The Morgan fingerprint density at radius 2 is 2.06 bits per heavy atom. The number of hydrogen-bond donors (Lipinski definition) is 2. The van der Waals surface area contributed by atoms with Gasteiger partial charge in [-0.2, -0.15) is 0 Å². The minimum absolute atomic E-state index is 0.193. The summed E-state index contributed by atoms with van der Waals surface area (Å²) in [6.07, 6.45) is 5.65. The molecular formula is C13H22N2O3. The Morgan fingerprint density at radius 1 is 1.39 bits per heavy atom. The normalized spacial score (nSPS) is 20.3. The maximum absolute atomic E-state index is 12.0. The third kappa shape index (κ3) is 3.62. The van der Waals surface area contributed by atoms with Crippen molar-refractivity contribution in [2.45, 2.75) is 39.0 Å². The molecule has 5 heteroatoms. The summed E-state index contributed by atoms with van der Waals surface area (Å²) < 4.78 is 0. The maximum atomic E-state index is 12.0. The molecule has 18 heavy (non-hydrogen) atoms. The summed E-state index contributed by atoms with van der Waals surface area (Å²) in [6, 6.07) is -0.218. The van der Waals surface area contributed by atoms with Crippen LogP contribution in [-0.2, 0) is 4.79 Å². The zero-order chi connectivity index (χ0) is 13.2. The van der Waals surface area contributed by atoms with E-state index in [1.807, 2.05) is 0 Å². The van der Waals surface area contributed by atoms with E-state index in [0.717, 1.165) is 19.3 Å². The Hall–Kier alpha value is -1.26. The Kier molecular flexibility index (Phi) is 3.78. The maximum Gasteiger partial charge on any atom is 0.323 e. The summed E-state index contributed by atoms with van der Waals surface area (Å²) in [5.74, 6) is -0.432. The minimum Gasteiger partial charge on any atom is -0.480 e. The number of urea groups is 1. The minimum atomic E-state index is -0.942. The van der Waals surface area contributed by atoms with Crippen molar-refractivity contribution < 1.29 is 14.7 Å². The molecule has 0 aromatic carbocycles. The van der Waals surface area contributed by atoms with Crippen LogP contribution in [0.2, 0.25) is 0 Å².